The Morgan fingerprint density at radius 3 is 2.75 bits per heavy atom. The highest BCUT2D eigenvalue weighted by atomic mass is 16.5. The maximum Gasteiger partial charge on any atom is 0.191 e. The van der Waals surface area contributed by atoms with Gasteiger partial charge in [0.15, 0.2) is 5.96 Å². The number of rotatable bonds is 13. The molecule has 1 aromatic carbocycles. The van der Waals surface area contributed by atoms with Crippen LogP contribution in [0.25, 0.3) is 0 Å². The predicted octanol–water partition coefficient (Wildman–Crippen LogP) is 2.35. The van der Waals surface area contributed by atoms with E-state index in [0.29, 0.717) is 32.5 Å². The Morgan fingerprint density at radius 1 is 1.18 bits per heavy atom. The van der Waals surface area contributed by atoms with Crippen LogP contribution in [0, 0.1) is 0 Å². The quantitative estimate of drug-likeness (QED) is 0.304. The molecule has 1 unspecified atom stereocenters. The number of benzene rings is 1. The number of nitrogens with one attached hydrogen (secondary N) is 2. The number of aliphatic imine (C=N–C) groups is 1. The Labute approximate surface area is 168 Å². The van der Waals surface area contributed by atoms with Gasteiger partial charge in [0.1, 0.15) is 12.4 Å². The minimum atomic E-state index is 0.295. The van der Waals surface area contributed by atoms with Crippen LogP contribution in [0.15, 0.2) is 29.3 Å². The molecule has 0 radical (unpaired) electrons. The van der Waals surface area contributed by atoms with Gasteiger partial charge in [0.05, 0.1) is 25.9 Å². The monoisotopic (exact) mass is 393 g/mol. The van der Waals surface area contributed by atoms with E-state index >= 15 is 0 Å². The summed E-state index contributed by atoms with van der Waals surface area (Å²) in [5.41, 5.74) is 1.14. The molecule has 0 aliphatic carbocycles. The number of methoxy groups -OCH3 is 1. The lowest BCUT2D eigenvalue weighted by Crippen LogP contribution is -2.38. The summed E-state index contributed by atoms with van der Waals surface area (Å²) in [6.07, 6.45) is 3.51. The van der Waals surface area contributed by atoms with Gasteiger partial charge in [-0.05, 0) is 43.9 Å². The lowest BCUT2D eigenvalue weighted by molar-refractivity contribution is 0.0168. The summed E-state index contributed by atoms with van der Waals surface area (Å²) in [4.78, 5) is 4.64. The van der Waals surface area contributed by atoms with Gasteiger partial charge in [-0.15, -0.1) is 0 Å². The Kier molecular flexibility index (Phi) is 11.4. The van der Waals surface area contributed by atoms with Crippen molar-refractivity contribution < 1.29 is 18.9 Å². The van der Waals surface area contributed by atoms with Crippen LogP contribution in [0.3, 0.4) is 0 Å². The summed E-state index contributed by atoms with van der Waals surface area (Å²) < 4.78 is 21.8. The number of hydrogen-bond donors (Lipinski definition) is 2. The van der Waals surface area contributed by atoms with Crippen molar-refractivity contribution in [1.29, 1.82) is 0 Å². The number of nitrogens with zero attached hydrogens (tertiary/aromatic N) is 1. The zero-order valence-corrected chi connectivity index (χ0v) is 17.2. The molecule has 28 heavy (non-hydrogen) atoms. The zero-order valence-electron chi connectivity index (χ0n) is 17.2. The zero-order chi connectivity index (χ0) is 19.9. The second kappa shape index (κ2) is 14.2. The van der Waals surface area contributed by atoms with E-state index in [2.05, 4.69) is 22.5 Å². The molecule has 0 saturated carbocycles. The van der Waals surface area contributed by atoms with Gasteiger partial charge in [0.2, 0.25) is 0 Å². The van der Waals surface area contributed by atoms with Crippen molar-refractivity contribution in [3.63, 3.8) is 0 Å². The topological polar surface area (TPSA) is 73.3 Å². The van der Waals surface area contributed by atoms with Gasteiger partial charge in [0, 0.05) is 33.4 Å². The molecule has 7 heteroatoms. The number of guanidine groups is 1. The molecule has 0 bridgehead atoms. The van der Waals surface area contributed by atoms with Crippen molar-refractivity contribution in [2.75, 3.05) is 53.2 Å². The molecule has 1 saturated heterocycles. The highest BCUT2D eigenvalue weighted by molar-refractivity contribution is 5.79. The molecule has 1 aromatic rings. The van der Waals surface area contributed by atoms with Crippen LogP contribution in [0.2, 0.25) is 0 Å². The number of ether oxygens (including phenoxy) is 4. The molecule has 2 rings (SSSR count). The van der Waals surface area contributed by atoms with Crippen molar-refractivity contribution in [2.24, 2.45) is 4.99 Å². The lowest BCUT2D eigenvalue weighted by atomic mass is 10.2. The smallest absolute Gasteiger partial charge is 0.191 e. The highest BCUT2D eigenvalue weighted by Gasteiger charge is 2.14. The summed E-state index contributed by atoms with van der Waals surface area (Å²) >= 11 is 0. The third-order valence-electron chi connectivity index (χ3n) is 4.33. The van der Waals surface area contributed by atoms with E-state index in [1.807, 2.05) is 24.3 Å². The first kappa shape index (κ1) is 22.5. The van der Waals surface area contributed by atoms with Crippen molar-refractivity contribution >= 4 is 5.96 Å². The van der Waals surface area contributed by atoms with Crippen LogP contribution >= 0.6 is 0 Å². The largest absolute Gasteiger partial charge is 0.491 e. The average molecular weight is 394 g/mol. The summed E-state index contributed by atoms with van der Waals surface area (Å²) in [5.74, 6) is 1.67. The SMILES string of the molecule is CCNC(=NCc1ccc(OCCOC)cc1)NCCCOCC1CCCO1. The molecule has 1 heterocycles. The van der Waals surface area contributed by atoms with E-state index in [4.69, 9.17) is 18.9 Å². The van der Waals surface area contributed by atoms with Gasteiger partial charge in [-0.25, -0.2) is 4.99 Å². The fraction of sp³-hybridized carbons (Fsp3) is 0.667. The van der Waals surface area contributed by atoms with E-state index < -0.39 is 0 Å². The summed E-state index contributed by atoms with van der Waals surface area (Å²) in [6.45, 7) is 7.79. The summed E-state index contributed by atoms with van der Waals surface area (Å²) in [5, 5.41) is 6.63. The first-order valence-electron chi connectivity index (χ1n) is 10.2. The first-order valence-corrected chi connectivity index (χ1v) is 10.2. The second-order valence-corrected chi connectivity index (χ2v) is 6.67. The molecule has 0 spiro atoms. The molecule has 2 N–H and O–H groups in total. The van der Waals surface area contributed by atoms with Crippen LogP contribution in [-0.2, 0) is 20.8 Å². The summed E-state index contributed by atoms with van der Waals surface area (Å²) in [6, 6.07) is 8.00. The van der Waals surface area contributed by atoms with Crippen molar-refractivity contribution in [2.45, 2.75) is 38.8 Å². The molecule has 0 amide bonds. The molecule has 158 valence electrons. The predicted molar refractivity (Wildman–Crippen MR) is 111 cm³/mol. The fourth-order valence-corrected chi connectivity index (χ4v) is 2.82. The van der Waals surface area contributed by atoms with Gasteiger partial charge in [0.25, 0.3) is 0 Å². The van der Waals surface area contributed by atoms with E-state index in [0.717, 1.165) is 62.8 Å². The molecular formula is C21H35N3O4. The van der Waals surface area contributed by atoms with Gasteiger partial charge in [-0.3, -0.25) is 0 Å². The Balaban J connectivity index is 1.64. The van der Waals surface area contributed by atoms with Crippen LogP contribution in [0.1, 0.15) is 31.7 Å². The maximum atomic E-state index is 5.69. The van der Waals surface area contributed by atoms with Gasteiger partial charge in [-0.1, -0.05) is 12.1 Å². The standard InChI is InChI=1S/C21H35N3O4/c1-3-22-21(23-11-5-12-26-17-20-6-4-13-27-20)24-16-18-7-9-19(10-8-18)28-15-14-25-2/h7-10,20H,3-6,11-17H2,1-2H3,(H2,22,23,24). The molecule has 1 aliphatic heterocycles. The fourth-order valence-electron chi connectivity index (χ4n) is 2.82. The summed E-state index contributed by atoms with van der Waals surface area (Å²) in [7, 11) is 1.67. The Hall–Kier alpha value is -1.83. The van der Waals surface area contributed by atoms with Crippen molar-refractivity contribution in [1.82, 2.24) is 10.6 Å². The first-order chi connectivity index (χ1) is 13.8. The minimum absolute atomic E-state index is 0.295. The third kappa shape index (κ3) is 9.39. The third-order valence-corrected chi connectivity index (χ3v) is 4.33. The van der Waals surface area contributed by atoms with Crippen molar-refractivity contribution in [3.8, 4) is 5.75 Å². The normalized spacial score (nSPS) is 16.9. The molecule has 7 nitrogen and oxygen atoms in total. The van der Waals surface area contributed by atoms with Gasteiger partial charge < -0.3 is 29.6 Å². The van der Waals surface area contributed by atoms with E-state index in [9.17, 15) is 0 Å². The molecule has 0 aromatic heterocycles. The minimum Gasteiger partial charge on any atom is -0.491 e. The highest BCUT2D eigenvalue weighted by Crippen LogP contribution is 2.13. The molecular weight excluding hydrogens is 358 g/mol. The lowest BCUT2D eigenvalue weighted by Gasteiger charge is -2.13. The van der Waals surface area contributed by atoms with Crippen LogP contribution in [0.4, 0.5) is 0 Å². The van der Waals surface area contributed by atoms with Crippen LogP contribution in [-0.4, -0.2) is 65.3 Å². The second-order valence-electron chi connectivity index (χ2n) is 6.67. The average Bonchev–Trinajstić information content (AvgIpc) is 3.23. The van der Waals surface area contributed by atoms with Crippen LogP contribution in [0.5, 0.6) is 5.75 Å². The van der Waals surface area contributed by atoms with Crippen LogP contribution < -0.4 is 15.4 Å². The van der Waals surface area contributed by atoms with E-state index in [-0.39, 0.29) is 0 Å². The van der Waals surface area contributed by atoms with Gasteiger partial charge >= 0.3 is 0 Å². The Bertz CT molecular complexity index is 545. The van der Waals surface area contributed by atoms with Crippen molar-refractivity contribution in [3.05, 3.63) is 29.8 Å². The molecule has 1 fully saturated rings. The number of hydrogen-bond acceptors (Lipinski definition) is 5. The molecule has 1 atom stereocenters. The van der Waals surface area contributed by atoms with E-state index in [1.165, 1.54) is 0 Å². The molecule has 1 aliphatic rings. The Morgan fingerprint density at radius 2 is 2.04 bits per heavy atom. The van der Waals surface area contributed by atoms with E-state index in [1.54, 1.807) is 7.11 Å². The van der Waals surface area contributed by atoms with Gasteiger partial charge in [-0.2, -0.15) is 0 Å². The maximum absolute atomic E-state index is 5.69.